The van der Waals surface area contributed by atoms with E-state index in [1.54, 1.807) is 0 Å². The Kier molecular flexibility index (Phi) is 5.25. The number of hydrogen-bond donors (Lipinski definition) is 1. The number of halogens is 2. The van der Waals surface area contributed by atoms with E-state index >= 15 is 0 Å². The maximum Gasteiger partial charge on any atom is 0.109 e. The number of rotatable bonds is 1. The molecule has 1 nitrogen and oxygen atoms in total. The van der Waals surface area contributed by atoms with Crippen molar-refractivity contribution < 1.29 is 41.5 Å². The number of hydrogen-bond acceptors (Lipinski definition) is 1. The number of nitrogens with one attached hydrogen (secondary N) is 1. The first kappa shape index (κ1) is 15.1. The largest absolute Gasteiger partial charge is 0.393 e. The second kappa shape index (κ2) is 6.27. The van der Waals surface area contributed by atoms with Crippen LogP contribution < -0.4 is 5.32 Å². The molecular formula is C14H10F2NY-. The van der Waals surface area contributed by atoms with Crippen LogP contribution in [0.5, 0.6) is 0 Å². The Hall–Kier alpha value is -0.976. The molecule has 1 aliphatic rings. The van der Waals surface area contributed by atoms with Crippen molar-refractivity contribution in [3.05, 3.63) is 53.7 Å². The zero-order valence-electron chi connectivity index (χ0n) is 9.63. The summed E-state index contributed by atoms with van der Waals surface area (Å²) in [5.74, 6) is 1.19. The molecule has 0 saturated heterocycles. The fourth-order valence-electron chi connectivity index (χ4n) is 1.65. The second-order valence-electron chi connectivity index (χ2n) is 3.78. The average Bonchev–Trinajstić information content (AvgIpc) is 2.27. The van der Waals surface area contributed by atoms with Crippen molar-refractivity contribution in [2.24, 2.45) is 5.92 Å². The van der Waals surface area contributed by atoms with Crippen LogP contribution in [0.1, 0.15) is 12.0 Å². The van der Waals surface area contributed by atoms with E-state index in [2.05, 4.69) is 23.9 Å². The molecule has 0 aliphatic carbocycles. The monoisotopic (exact) mass is 319 g/mol. The second-order valence-corrected chi connectivity index (χ2v) is 3.78. The van der Waals surface area contributed by atoms with Crippen molar-refractivity contribution in [3.8, 4) is 12.3 Å². The summed E-state index contributed by atoms with van der Waals surface area (Å²) in [5, 5.41) is 2.92. The van der Waals surface area contributed by atoms with Crippen LogP contribution in [0.3, 0.4) is 0 Å². The fraction of sp³-hybridized carbons (Fsp3) is 0.143. The van der Waals surface area contributed by atoms with E-state index in [0.717, 1.165) is 6.07 Å². The summed E-state index contributed by atoms with van der Waals surface area (Å²) in [6.45, 7) is 3.79. The Balaban J connectivity index is 0.00000162. The van der Waals surface area contributed by atoms with Crippen molar-refractivity contribution in [2.75, 3.05) is 0 Å². The normalized spacial score (nSPS) is 18.2. The van der Waals surface area contributed by atoms with Crippen LogP contribution in [-0.2, 0) is 32.7 Å². The topological polar surface area (TPSA) is 12.0 Å². The Labute approximate surface area is 130 Å². The van der Waals surface area contributed by atoms with Gasteiger partial charge in [-0.1, -0.05) is 31.1 Å². The predicted molar refractivity (Wildman–Crippen MR) is 62.2 cm³/mol. The molecule has 18 heavy (non-hydrogen) atoms. The van der Waals surface area contributed by atoms with Gasteiger partial charge < -0.3 is 5.32 Å². The van der Waals surface area contributed by atoms with Crippen molar-refractivity contribution >= 4 is 5.70 Å². The van der Waals surface area contributed by atoms with Crippen LogP contribution in [0.2, 0.25) is 0 Å². The van der Waals surface area contributed by atoms with Crippen LogP contribution in [0.4, 0.5) is 8.78 Å². The fourth-order valence-corrected chi connectivity index (χ4v) is 1.65. The SMILES string of the molecule is C#CC1C[C-]=C(c2cc(F)cc(F)c2)NC1=C.[Y]. The summed E-state index contributed by atoms with van der Waals surface area (Å²) in [4.78, 5) is 0. The molecule has 1 radical (unpaired) electrons. The van der Waals surface area contributed by atoms with E-state index in [4.69, 9.17) is 6.42 Å². The van der Waals surface area contributed by atoms with E-state index < -0.39 is 11.6 Å². The van der Waals surface area contributed by atoms with Crippen molar-refractivity contribution in [3.63, 3.8) is 0 Å². The van der Waals surface area contributed by atoms with Crippen LogP contribution in [0, 0.1) is 36.0 Å². The molecule has 0 aromatic heterocycles. The molecule has 2 rings (SSSR count). The first-order valence-electron chi connectivity index (χ1n) is 5.09. The van der Waals surface area contributed by atoms with Gasteiger partial charge in [0.15, 0.2) is 0 Å². The molecule has 1 unspecified atom stereocenters. The zero-order valence-corrected chi connectivity index (χ0v) is 12.5. The summed E-state index contributed by atoms with van der Waals surface area (Å²) in [5.41, 5.74) is 1.56. The molecule has 0 spiro atoms. The summed E-state index contributed by atoms with van der Waals surface area (Å²) < 4.78 is 26.1. The van der Waals surface area contributed by atoms with Gasteiger partial charge in [-0.05, 0) is 0 Å². The third-order valence-corrected chi connectivity index (χ3v) is 2.54. The van der Waals surface area contributed by atoms with E-state index in [1.807, 2.05) is 0 Å². The Morgan fingerprint density at radius 1 is 1.33 bits per heavy atom. The third kappa shape index (κ3) is 3.28. The Bertz CT molecular complexity index is 523. The summed E-state index contributed by atoms with van der Waals surface area (Å²) in [6.07, 6.45) is 8.79. The molecular weight excluding hydrogens is 309 g/mol. The van der Waals surface area contributed by atoms with Crippen molar-refractivity contribution in [1.29, 1.82) is 0 Å². The third-order valence-electron chi connectivity index (χ3n) is 2.54. The predicted octanol–water partition coefficient (Wildman–Crippen LogP) is 2.86. The van der Waals surface area contributed by atoms with Gasteiger partial charge in [-0.25, -0.2) is 14.9 Å². The van der Waals surface area contributed by atoms with Crippen molar-refractivity contribution in [1.82, 2.24) is 5.32 Å². The summed E-state index contributed by atoms with van der Waals surface area (Å²) in [7, 11) is 0. The van der Waals surface area contributed by atoms with Gasteiger partial charge in [-0.15, -0.1) is 17.7 Å². The van der Waals surface area contributed by atoms with E-state index in [9.17, 15) is 8.78 Å². The molecule has 1 aromatic rings. The molecule has 1 aliphatic heterocycles. The molecule has 0 bridgehead atoms. The van der Waals surface area contributed by atoms with Gasteiger partial charge in [0.1, 0.15) is 11.6 Å². The van der Waals surface area contributed by atoms with Gasteiger partial charge in [0, 0.05) is 50.4 Å². The number of benzene rings is 1. The Morgan fingerprint density at radius 2 is 1.94 bits per heavy atom. The first-order chi connectivity index (χ1) is 8.10. The van der Waals surface area contributed by atoms with Crippen LogP contribution >= 0.6 is 0 Å². The van der Waals surface area contributed by atoms with Gasteiger partial charge in [0.25, 0.3) is 0 Å². The van der Waals surface area contributed by atoms with Crippen LogP contribution in [0.25, 0.3) is 5.70 Å². The van der Waals surface area contributed by atoms with Gasteiger partial charge in [-0.2, -0.15) is 0 Å². The van der Waals surface area contributed by atoms with Crippen LogP contribution in [0.15, 0.2) is 30.5 Å². The van der Waals surface area contributed by atoms with Gasteiger partial charge >= 0.3 is 0 Å². The maximum atomic E-state index is 13.1. The van der Waals surface area contributed by atoms with Crippen LogP contribution in [-0.4, -0.2) is 0 Å². The molecule has 0 fully saturated rings. The quantitative estimate of drug-likeness (QED) is 0.620. The molecule has 1 heterocycles. The standard InChI is InChI=1S/C14H10F2N.Y/c1-3-10-4-5-14(17-9(10)2)11-6-12(15)8-13(16)7-11;/h1,6-8,10,17H,2,4H2;/q-1;. The first-order valence-corrected chi connectivity index (χ1v) is 5.09. The van der Waals surface area contributed by atoms with Gasteiger partial charge in [0.2, 0.25) is 0 Å². The molecule has 0 amide bonds. The maximum absolute atomic E-state index is 13.1. The molecule has 1 aromatic carbocycles. The summed E-state index contributed by atoms with van der Waals surface area (Å²) in [6, 6.07) is 3.30. The van der Waals surface area contributed by atoms with E-state index in [0.29, 0.717) is 23.4 Å². The molecule has 4 heteroatoms. The molecule has 1 atom stereocenters. The molecule has 0 saturated carbocycles. The van der Waals surface area contributed by atoms with Gasteiger partial charge in [-0.3, -0.25) is 0 Å². The number of terminal acetylenes is 1. The van der Waals surface area contributed by atoms with E-state index in [-0.39, 0.29) is 38.6 Å². The minimum atomic E-state index is -0.624. The molecule has 89 valence electrons. The van der Waals surface area contributed by atoms with Gasteiger partial charge in [0.05, 0.1) is 0 Å². The van der Waals surface area contributed by atoms with E-state index in [1.165, 1.54) is 12.1 Å². The minimum absolute atomic E-state index is 0. The molecule has 1 N–H and O–H groups in total. The van der Waals surface area contributed by atoms with Crippen molar-refractivity contribution in [2.45, 2.75) is 6.42 Å². The average molecular weight is 319 g/mol. The Morgan fingerprint density at radius 3 is 2.44 bits per heavy atom. The number of allylic oxidation sites excluding steroid dienone is 2. The zero-order chi connectivity index (χ0) is 12.4. The summed E-state index contributed by atoms with van der Waals surface area (Å²) >= 11 is 0. The minimum Gasteiger partial charge on any atom is -0.393 e. The smallest absolute Gasteiger partial charge is 0.109 e.